The average Bonchev–Trinajstić information content (AvgIpc) is 3.13. The van der Waals surface area contributed by atoms with Crippen LogP contribution in [0.4, 0.5) is 5.69 Å². The summed E-state index contributed by atoms with van der Waals surface area (Å²) in [6, 6.07) is 7.89. The molecule has 0 aliphatic carbocycles. The van der Waals surface area contributed by atoms with Crippen molar-refractivity contribution in [3.63, 3.8) is 0 Å². The number of nitrogens with one attached hydrogen (secondary N) is 1. The number of hydrogen-bond donors (Lipinski definition) is 1. The number of carbonyl (C=O) groups excluding carboxylic acids is 2. The zero-order chi connectivity index (χ0) is 22.8. The van der Waals surface area contributed by atoms with E-state index in [1.165, 1.54) is 27.8 Å². The molecule has 2 amide bonds. The fourth-order valence-corrected chi connectivity index (χ4v) is 5.24. The quantitative estimate of drug-likeness (QED) is 0.635. The predicted octanol–water partition coefficient (Wildman–Crippen LogP) is 3.98. The highest BCUT2D eigenvalue weighted by Gasteiger charge is 2.25. The van der Waals surface area contributed by atoms with Crippen LogP contribution in [0.1, 0.15) is 53.9 Å². The normalized spacial score (nSPS) is 16.3. The molecule has 3 heterocycles. The standard InChI is InChI=1S/C24H28N4O3S/c1-4-17-8-10-18(11-9-17)26-22(30)21-16(3)20-23(32-21)25-14-27(24(20)31)13-19(29)28-12-6-5-7-15(28)2/h8-11,14-15H,4-7,12-13H2,1-3H3,(H,26,30)/t15-/m1/s1. The molecule has 0 unspecified atom stereocenters. The van der Waals surface area contributed by atoms with Crippen molar-refractivity contribution < 1.29 is 9.59 Å². The van der Waals surface area contributed by atoms with Crippen LogP contribution in [-0.2, 0) is 17.8 Å². The van der Waals surface area contributed by atoms with Gasteiger partial charge in [-0.15, -0.1) is 11.3 Å². The molecule has 3 aromatic rings. The second-order valence-corrected chi connectivity index (χ2v) is 9.35. The van der Waals surface area contributed by atoms with Crippen LogP contribution in [0.2, 0.25) is 0 Å². The highest BCUT2D eigenvalue weighted by atomic mass is 32.1. The first-order chi connectivity index (χ1) is 15.4. The van der Waals surface area contributed by atoms with Crippen LogP contribution in [0.25, 0.3) is 10.2 Å². The van der Waals surface area contributed by atoms with Gasteiger partial charge in [0.25, 0.3) is 11.5 Å². The molecule has 0 radical (unpaired) electrons. The third-order valence-corrected chi connectivity index (χ3v) is 7.37. The van der Waals surface area contributed by atoms with Gasteiger partial charge in [0.15, 0.2) is 0 Å². The van der Waals surface area contributed by atoms with Gasteiger partial charge in [-0.25, -0.2) is 4.98 Å². The van der Waals surface area contributed by atoms with Crippen molar-refractivity contribution in [2.24, 2.45) is 0 Å². The number of rotatable bonds is 5. The lowest BCUT2D eigenvalue weighted by molar-refractivity contribution is -0.135. The Morgan fingerprint density at radius 2 is 1.97 bits per heavy atom. The maximum Gasteiger partial charge on any atom is 0.266 e. The summed E-state index contributed by atoms with van der Waals surface area (Å²) in [6.45, 7) is 6.58. The third kappa shape index (κ3) is 4.32. The molecule has 1 aliphatic rings. The van der Waals surface area contributed by atoms with Gasteiger partial charge in [0.2, 0.25) is 5.91 Å². The van der Waals surface area contributed by atoms with E-state index in [0.717, 1.165) is 32.2 Å². The van der Waals surface area contributed by atoms with Crippen LogP contribution in [0.3, 0.4) is 0 Å². The van der Waals surface area contributed by atoms with E-state index in [-0.39, 0.29) is 30.0 Å². The Bertz CT molecular complexity index is 1210. The Balaban J connectivity index is 1.58. The number of thiophene rings is 1. The number of nitrogens with zero attached hydrogens (tertiary/aromatic N) is 3. The average molecular weight is 453 g/mol. The van der Waals surface area contributed by atoms with Gasteiger partial charge >= 0.3 is 0 Å². The number of aryl methyl sites for hydroxylation is 2. The largest absolute Gasteiger partial charge is 0.338 e. The van der Waals surface area contributed by atoms with E-state index in [1.54, 1.807) is 6.92 Å². The number of likely N-dealkylation sites (tertiary alicyclic amines) is 1. The van der Waals surface area contributed by atoms with Crippen molar-refractivity contribution in [2.75, 3.05) is 11.9 Å². The van der Waals surface area contributed by atoms with Crippen LogP contribution >= 0.6 is 11.3 Å². The monoisotopic (exact) mass is 452 g/mol. The number of amides is 2. The summed E-state index contributed by atoms with van der Waals surface area (Å²) in [4.78, 5) is 46.0. The minimum absolute atomic E-state index is 0.0350. The number of anilines is 1. The molecule has 4 rings (SSSR count). The van der Waals surface area contributed by atoms with Crippen molar-refractivity contribution in [1.29, 1.82) is 0 Å². The molecule has 2 aromatic heterocycles. The van der Waals surface area contributed by atoms with E-state index < -0.39 is 0 Å². The van der Waals surface area contributed by atoms with Gasteiger partial charge in [0.1, 0.15) is 11.4 Å². The number of hydrogen-bond acceptors (Lipinski definition) is 5. The Kier molecular flexibility index (Phi) is 6.41. The Labute approximate surface area is 191 Å². The minimum Gasteiger partial charge on any atom is -0.338 e. The summed E-state index contributed by atoms with van der Waals surface area (Å²) in [7, 11) is 0. The molecule has 1 N–H and O–H groups in total. The van der Waals surface area contributed by atoms with Gasteiger partial charge < -0.3 is 10.2 Å². The first-order valence-corrected chi connectivity index (χ1v) is 11.9. The number of carbonyl (C=O) groups is 2. The summed E-state index contributed by atoms with van der Waals surface area (Å²) in [5.41, 5.74) is 2.21. The summed E-state index contributed by atoms with van der Waals surface area (Å²) >= 11 is 1.20. The Morgan fingerprint density at radius 1 is 1.22 bits per heavy atom. The van der Waals surface area contributed by atoms with E-state index in [4.69, 9.17) is 0 Å². The first-order valence-electron chi connectivity index (χ1n) is 11.1. The molecule has 0 spiro atoms. The molecule has 168 valence electrons. The second kappa shape index (κ2) is 9.24. The first kappa shape index (κ1) is 22.2. The maximum atomic E-state index is 13.1. The Morgan fingerprint density at radius 3 is 2.66 bits per heavy atom. The number of aromatic nitrogens is 2. The van der Waals surface area contributed by atoms with Crippen molar-refractivity contribution in [3.05, 3.63) is 57.0 Å². The predicted molar refractivity (Wildman–Crippen MR) is 127 cm³/mol. The lowest BCUT2D eigenvalue weighted by Gasteiger charge is -2.33. The molecule has 1 fully saturated rings. The van der Waals surface area contributed by atoms with Crippen LogP contribution < -0.4 is 10.9 Å². The second-order valence-electron chi connectivity index (χ2n) is 8.35. The molecule has 1 aliphatic heterocycles. The van der Waals surface area contributed by atoms with Crippen LogP contribution in [0, 0.1) is 6.92 Å². The smallest absolute Gasteiger partial charge is 0.266 e. The van der Waals surface area contributed by atoms with E-state index in [2.05, 4.69) is 17.2 Å². The van der Waals surface area contributed by atoms with E-state index in [9.17, 15) is 14.4 Å². The van der Waals surface area contributed by atoms with Gasteiger partial charge in [-0.2, -0.15) is 0 Å². The van der Waals surface area contributed by atoms with Crippen molar-refractivity contribution in [1.82, 2.24) is 14.5 Å². The van der Waals surface area contributed by atoms with Crippen LogP contribution in [0.5, 0.6) is 0 Å². The van der Waals surface area contributed by atoms with Gasteiger partial charge in [-0.3, -0.25) is 19.0 Å². The zero-order valence-corrected chi connectivity index (χ0v) is 19.5. The van der Waals surface area contributed by atoms with Crippen molar-refractivity contribution in [3.8, 4) is 0 Å². The van der Waals surface area contributed by atoms with Gasteiger partial charge in [-0.1, -0.05) is 19.1 Å². The number of benzene rings is 1. The molecule has 32 heavy (non-hydrogen) atoms. The molecule has 0 saturated carbocycles. The van der Waals surface area contributed by atoms with Gasteiger partial charge in [-0.05, 0) is 62.8 Å². The van der Waals surface area contributed by atoms with Crippen molar-refractivity contribution in [2.45, 2.75) is 59.0 Å². The summed E-state index contributed by atoms with van der Waals surface area (Å²) in [6.07, 6.45) is 5.45. The summed E-state index contributed by atoms with van der Waals surface area (Å²) in [5.74, 6) is -0.333. The highest BCUT2D eigenvalue weighted by molar-refractivity contribution is 7.20. The van der Waals surface area contributed by atoms with Crippen LogP contribution in [0.15, 0.2) is 35.4 Å². The van der Waals surface area contributed by atoms with E-state index in [1.807, 2.05) is 36.1 Å². The molecule has 7 nitrogen and oxygen atoms in total. The maximum absolute atomic E-state index is 13.1. The third-order valence-electron chi connectivity index (χ3n) is 6.17. The van der Waals surface area contributed by atoms with Crippen LogP contribution in [-0.4, -0.2) is 38.9 Å². The SMILES string of the molecule is CCc1ccc(NC(=O)c2sc3ncn(CC(=O)N4CCCC[C@H]4C)c(=O)c3c2C)cc1. The fraction of sp³-hybridized carbons (Fsp3) is 0.417. The minimum atomic E-state index is -0.284. The zero-order valence-electron chi connectivity index (χ0n) is 18.7. The topological polar surface area (TPSA) is 84.3 Å². The lowest BCUT2D eigenvalue weighted by atomic mass is 10.0. The molecule has 8 heteroatoms. The molecule has 1 aromatic carbocycles. The summed E-state index contributed by atoms with van der Waals surface area (Å²) < 4.78 is 1.36. The van der Waals surface area contributed by atoms with E-state index in [0.29, 0.717) is 26.3 Å². The fourth-order valence-electron chi connectivity index (χ4n) is 4.21. The molecular formula is C24H28N4O3S. The molecule has 1 atom stereocenters. The summed E-state index contributed by atoms with van der Waals surface area (Å²) in [5, 5.41) is 3.31. The highest BCUT2D eigenvalue weighted by Crippen LogP contribution is 2.28. The van der Waals surface area contributed by atoms with E-state index >= 15 is 0 Å². The molecule has 1 saturated heterocycles. The van der Waals surface area contributed by atoms with Gasteiger partial charge in [0, 0.05) is 18.3 Å². The number of piperidine rings is 1. The Hall–Kier alpha value is -3.00. The molecular weight excluding hydrogens is 424 g/mol. The van der Waals surface area contributed by atoms with Crippen molar-refractivity contribution >= 4 is 39.1 Å². The molecule has 0 bridgehead atoms. The lowest BCUT2D eigenvalue weighted by Crippen LogP contribution is -2.44. The van der Waals surface area contributed by atoms with Gasteiger partial charge in [0.05, 0.1) is 16.6 Å². The number of fused-ring (bicyclic) bond motifs is 1.